The maximum absolute atomic E-state index is 15.5. The van der Waals surface area contributed by atoms with Crippen LogP contribution in [0, 0.1) is 35.5 Å². The molecule has 95 heavy (non-hydrogen) atoms. The predicted molar refractivity (Wildman–Crippen MR) is 374 cm³/mol. The molecule has 25 nitrogen and oxygen atoms in total. The van der Waals surface area contributed by atoms with E-state index in [9.17, 15) is 34.2 Å². The van der Waals surface area contributed by atoms with Gasteiger partial charge >= 0.3 is 0 Å². The first kappa shape index (κ1) is 87.2. The van der Waals surface area contributed by atoms with Crippen LogP contribution in [0.3, 0.4) is 0 Å². The molecule has 0 bridgehead atoms. The van der Waals surface area contributed by atoms with Crippen LogP contribution in [-0.2, 0) is 52.7 Å². The molecule has 0 unspecified atom stereocenters. The van der Waals surface area contributed by atoms with E-state index in [1.807, 2.05) is 61.5 Å². The third-order valence-corrected chi connectivity index (χ3v) is 18.9. The number of amides is 11. The van der Waals surface area contributed by atoms with E-state index in [0.717, 1.165) is 14.7 Å². The maximum atomic E-state index is 15.5. The van der Waals surface area contributed by atoms with Crippen LogP contribution in [0.15, 0.2) is 12.2 Å². The molecule has 13 atom stereocenters. The van der Waals surface area contributed by atoms with E-state index in [0.29, 0.717) is 12.3 Å². The standard InChI is InChI=1S/C69H126N12O13S/c1-28-30-31-45(15)57(82)56-68(93)74(20)48(29-2)62(87)79(25)53(38-95-33-32-70-44(13)14)65(90)78(24)52(37-69(18,19)94)60(85)73-54(42(9)10)66(91)75(21)49(34-39(3)4)59(84)71-46(16)58(83)72-47(17)61(86)76(22)50(35-40(5)6)63(88)77(23)51(36-41(7)8)64(89)80(26)55(43(11)12)67(92)81(56)27/h28,30,39-57,70,82,94H,29,31-38H2,1-27H3,(H,71,84)(H,72,83)(H,73,85)/b30-28+/t45-,46+,47-,48+,49+,50+,51+,52+,53-,54+,55+,56+,57-/m1/s1. The largest absolute Gasteiger partial charge is 0.390 e. The van der Waals surface area contributed by atoms with E-state index in [1.165, 1.54) is 120 Å². The Morgan fingerprint density at radius 1 is 0.495 bits per heavy atom. The van der Waals surface area contributed by atoms with Gasteiger partial charge in [0.25, 0.3) is 0 Å². The van der Waals surface area contributed by atoms with Crippen LogP contribution in [0.1, 0.15) is 170 Å². The lowest BCUT2D eigenvalue weighted by Crippen LogP contribution is -2.64. The molecule has 0 aromatic carbocycles. The van der Waals surface area contributed by atoms with E-state index in [-0.39, 0.29) is 68.1 Å². The van der Waals surface area contributed by atoms with Gasteiger partial charge in [0.1, 0.15) is 66.5 Å². The number of hydrogen-bond donors (Lipinski definition) is 6. The molecule has 6 N–H and O–H groups in total. The zero-order valence-electron chi connectivity index (χ0n) is 62.9. The Hall–Kier alpha value is -5.86. The van der Waals surface area contributed by atoms with E-state index in [2.05, 4.69) is 21.3 Å². The van der Waals surface area contributed by atoms with Gasteiger partial charge in [-0.15, -0.1) is 0 Å². The number of hydrogen-bond acceptors (Lipinski definition) is 15. The summed E-state index contributed by atoms with van der Waals surface area (Å²) in [5, 5.41) is 35.4. The molecule has 1 fully saturated rings. The van der Waals surface area contributed by atoms with Crippen molar-refractivity contribution in [1.82, 2.24) is 60.5 Å². The normalized spacial score (nSPS) is 26.4. The average molecular weight is 1360 g/mol. The molecule has 0 spiro atoms. The van der Waals surface area contributed by atoms with Crippen LogP contribution in [0.5, 0.6) is 0 Å². The Labute approximate surface area is 574 Å². The van der Waals surface area contributed by atoms with Crippen LogP contribution in [0.4, 0.5) is 0 Å². The number of aliphatic hydroxyl groups excluding tert-OH is 1. The van der Waals surface area contributed by atoms with Gasteiger partial charge in [-0.05, 0) is 102 Å². The van der Waals surface area contributed by atoms with Crippen molar-refractivity contribution in [3.63, 3.8) is 0 Å². The molecule has 0 saturated carbocycles. The van der Waals surface area contributed by atoms with Gasteiger partial charge in [0.2, 0.25) is 65.0 Å². The fourth-order valence-electron chi connectivity index (χ4n) is 11.9. The average Bonchev–Trinajstić information content (AvgIpc) is 0.805. The molecule has 0 radical (unpaired) electrons. The second-order valence-corrected chi connectivity index (χ2v) is 30.4. The molecule has 0 aliphatic carbocycles. The highest BCUT2D eigenvalue weighted by molar-refractivity contribution is 7.99. The van der Waals surface area contributed by atoms with Crippen LogP contribution in [-0.4, -0.2) is 273 Å². The minimum atomic E-state index is -1.65. The zero-order valence-corrected chi connectivity index (χ0v) is 63.7. The first-order valence-corrected chi connectivity index (χ1v) is 35.3. The van der Waals surface area contributed by atoms with Gasteiger partial charge in [-0.3, -0.25) is 52.7 Å². The lowest BCUT2D eigenvalue weighted by molar-refractivity contribution is -0.161. The van der Waals surface area contributed by atoms with Gasteiger partial charge in [0.05, 0.1) is 11.7 Å². The summed E-state index contributed by atoms with van der Waals surface area (Å²) in [6, 6.07) is -14.2. The summed E-state index contributed by atoms with van der Waals surface area (Å²) >= 11 is 1.36. The SMILES string of the molecule is C/C=C/C[C@@H](C)[C@@H](O)[C@H]1C(=O)N(C)[C@@H](CC)C(=O)N(C)[C@H](CSCCNC(C)C)C(=O)N(C)[C@@H](CC(C)(C)O)C(=O)N[C@@H](C(C)C)C(=O)N(C)[C@@H](CC(C)C)C(=O)N[C@@H](C)C(=O)N[C@H](C)C(=O)N(C)[C@@H](CC(C)C)C(=O)N(C)[C@@H](CC(C)C)C(=O)N(C)[C@@H](C(C)C)C(=O)N1C. The highest BCUT2D eigenvalue weighted by atomic mass is 32.2. The number of rotatable bonds is 21. The summed E-state index contributed by atoms with van der Waals surface area (Å²) < 4.78 is 0. The van der Waals surface area contributed by atoms with Crippen LogP contribution in [0.2, 0.25) is 0 Å². The Balaban J connectivity index is 4.63. The third-order valence-electron chi connectivity index (χ3n) is 17.9. The minimum Gasteiger partial charge on any atom is -0.390 e. The van der Waals surface area contributed by atoms with Crippen molar-refractivity contribution >= 4 is 76.7 Å². The molecule has 1 rings (SSSR count). The van der Waals surface area contributed by atoms with Gasteiger partial charge in [-0.2, -0.15) is 11.8 Å². The summed E-state index contributed by atoms with van der Waals surface area (Å²) in [5.74, 6) is -9.64. The summed E-state index contributed by atoms with van der Waals surface area (Å²) in [7, 11) is 11.3. The van der Waals surface area contributed by atoms with Crippen LogP contribution < -0.4 is 21.3 Å². The lowest BCUT2D eigenvalue weighted by Gasteiger charge is -2.43. The Kier molecular flexibility index (Phi) is 36.3. The molecular weight excluding hydrogens is 1240 g/mol. The first-order chi connectivity index (χ1) is 43.7. The number of nitrogens with zero attached hydrogens (tertiary/aromatic N) is 8. The van der Waals surface area contributed by atoms with E-state index < -0.39 is 161 Å². The molecular formula is C69H126N12O13S. The Morgan fingerprint density at radius 3 is 1.36 bits per heavy atom. The number of allylic oxidation sites excluding steroid dienone is 2. The van der Waals surface area contributed by atoms with Crippen molar-refractivity contribution < 1.29 is 63.0 Å². The van der Waals surface area contributed by atoms with Crippen molar-refractivity contribution in [2.75, 3.05) is 74.4 Å². The fraction of sp³-hybridized carbons (Fsp3) is 0.812. The predicted octanol–water partition coefficient (Wildman–Crippen LogP) is 3.83. The molecule has 546 valence electrons. The number of thioether (sulfide) groups is 1. The number of nitrogens with one attached hydrogen (secondary N) is 4. The molecule has 26 heteroatoms. The number of carbonyl (C=O) groups excluding carboxylic acids is 11. The van der Waals surface area contributed by atoms with Crippen molar-refractivity contribution in [3.8, 4) is 0 Å². The second-order valence-electron chi connectivity index (χ2n) is 29.3. The number of aliphatic hydroxyl groups is 2. The van der Waals surface area contributed by atoms with E-state index in [1.54, 1.807) is 54.5 Å². The van der Waals surface area contributed by atoms with Crippen molar-refractivity contribution in [2.24, 2.45) is 35.5 Å². The maximum Gasteiger partial charge on any atom is 0.248 e. The Morgan fingerprint density at radius 2 is 0.895 bits per heavy atom. The zero-order chi connectivity index (χ0) is 73.8. The van der Waals surface area contributed by atoms with Crippen LogP contribution in [0.25, 0.3) is 0 Å². The molecule has 0 aromatic rings. The summed E-state index contributed by atoms with van der Waals surface area (Å²) in [5.41, 5.74) is -1.59. The first-order valence-electron chi connectivity index (χ1n) is 34.1. The molecule has 0 aromatic heterocycles. The van der Waals surface area contributed by atoms with Gasteiger partial charge in [-0.1, -0.05) is 109 Å². The summed E-state index contributed by atoms with van der Waals surface area (Å²) in [6.07, 6.45) is 2.40. The highest BCUT2D eigenvalue weighted by Gasteiger charge is 2.48. The number of carbonyl (C=O) groups is 11. The smallest absolute Gasteiger partial charge is 0.248 e. The van der Waals surface area contributed by atoms with E-state index >= 15 is 28.8 Å². The lowest BCUT2D eigenvalue weighted by atomic mass is 9.91. The highest BCUT2D eigenvalue weighted by Crippen LogP contribution is 2.28. The molecule has 1 aliphatic heterocycles. The van der Waals surface area contributed by atoms with Gasteiger partial charge in [0, 0.05) is 86.9 Å². The quantitative estimate of drug-likeness (QED) is 0.0703. The summed E-state index contributed by atoms with van der Waals surface area (Å²) in [6.45, 7) is 33.5. The Bertz CT molecular complexity index is 2600. The fourth-order valence-corrected chi connectivity index (χ4v) is 13.0. The minimum absolute atomic E-state index is 0.00488. The van der Waals surface area contributed by atoms with Gasteiger partial charge < -0.3 is 70.7 Å². The van der Waals surface area contributed by atoms with Crippen LogP contribution >= 0.6 is 11.8 Å². The number of likely N-dealkylation sites (N-methyl/N-ethyl adjacent to an activating group) is 8. The molecule has 1 heterocycles. The van der Waals surface area contributed by atoms with E-state index in [4.69, 9.17) is 0 Å². The monoisotopic (exact) mass is 1360 g/mol. The molecule has 1 saturated heterocycles. The van der Waals surface area contributed by atoms with Gasteiger partial charge in [0.15, 0.2) is 0 Å². The second kappa shape index (κ2) is 39.5. The molecule has 11 amide bonds. The summed E-state index contributed by atoms with van der Waals surface area (Å²) in [4.78, 5) is 175. The van der Waals surface area contributed by atoms with Crippen molar-refractivity contribution in [2.45, 2.75) is 254 Å². The topological polar surface area (TPSA) is 302 Å². The molecule has 1 aliphatic rings. The van der Waals surface area contributed by atoms with Gasteiger partial charge in [-0.25, -0.2) is 0 Å². The van der Waals surface area contributed by atoms with Crippen molar-refractivity contribution in [1.29, 1.82) is 0 Å². The third kappa shape index (κ3) is 25.2. The van der Waals surface area contributed by atoms with Crippen molar-refractivity contribution in [3.05, 3.63) is 12.2 Å².